The van der Waals surface area contributed by atoms with Crippen LogP contribution in [0.5, 0.6) is 11.5 Å². The summed E-state index contributed by atoms with van der Waals surface area (Å²) < 4.78 is 5.39. The van der Waals surface area contributed by atoms with Crippen LogP contribution < -0.4 is 9.64 Å². The first-order valence-corrected chi connectivity index (χ1v) is 10.6. The normalized spacial score (nSPS) is 17.5. The maximum absolute atomic E-state index is 13.3. The van der Waals surface area contributed by atoms with Crippen molar-refractivity contribution in [2.24, 2.45) is 0 Å². The fourth-order valence-corrected chi connectivity index (χ4v) is 4.50. The molecule has 168 valence electrons. The van der Waals surface area contributed by atoms with Crippen molar-refractivity contribution in [3.8, 4) is 11.5 Å². The number of aromatic hydroxyl groups is 1. The molecule has 1 saturated heterocycles. The largest absolute Gasteiger partial charge is 0.508 e. The number of phenols is 1. The number of halogens is 1. The summed E-state index contributed by atoms with van der Waals surface area (Å²) >= 11 is 6.32. The second-order valence-corrected chi connectivity index (χ2v) is 8.28. The first kappa shape index (κ1) is 22.4. The predicted octanol–water partition coefficient (Wildman–Crippen LogP) is 5.30. The number of aryl methyl sites for hydroxylation is 2. The zero-order valence-electron chi connectivity index (χ0n) is 18.3. The molecule has 0 saturated carbocycles. The Kier molecular flexibility index (Phi) is 5.87. The molecule has 1 aliphatic rings. The maximum Gasteiger partial charge on any atom is 0.300 e. The van der Waals surface area contributed by atoms with Gasteiger partial charge in [0, 0.05) is 5.69 Å². The molecule has 3 aromatic rings. The summed E-state index contributed by atoms with van der Waals surface area (Å²) in [6.45, 7) is 3.64. The summed E-state index contributed by atoms with van der Waals surface area (Å²) in [6, 6.07) is 15.8. The van der Waals surface area contributed by atoms with E-state index >= 15 is 0 Å². The molecule has 6 nitrogen and oxygen atoms in total. The van der Waals surface area contributed by atoms with E-state index in [9.17, 15) is 19.8 Å². The molecule has 7 heteroatoms. The Hall–Kier alpha value is -3.77. The molecule has 1 heterocycles. The van der Waals surface area contributed by atoms with E-state index in [4.69, 9.17) is 16.3 Å². The molecule has 2 N–H and O–H groups in total. The number of para-hydroxylation sites is 1. The summed E-state index contributed by atoms with van der Waals surface area (Å²) in [5.74, 6) is -1.73. The molecule has 0 aromatic heterocycles. The molecule has 1 unspecified atom stereocenters. The highest BCUT2D eigenvalue weighted by Gasteiger charge is 2.47. The number of hydrogen-bond acceptors (Lipinski definition) is 5. The van der Waals surface area contributed by atoms with Crippen molar-refractivity contribution in [1.82, 2.24) is 0 Å². The zero-order valence-corrected chi connectivity index (χ0v) is 19.1. The van der Waals surface area contributed by atoms with Crippen molar-refractivity contribution in [1.29, 1.82) is 0 Å². The van der Waals surface area contributed by atoms with E-state index in [2.05, 4.69) is 0 Å². The number of anilines is 1. The van der Waals surface area contributed by atoms with Crippen LogP contribution in [0.25, 0.3) is 5.76 Å². The molecule has 0 spiro atoms. The number of hydrogen-bond donors (Lipinski definition) is 2. The van der Waals surface area contributed by atoms with Gasteiger partial charge in [-0.15, -0.1) is 0 Å². The molecule has 1 amide bonds. The van der Waals surface area contributed by atoms with Crippen LogP contribution in [0.15, 0.2) is 66.2 Å². The number of carbonyl (C=O) groups is 2. The fourth-order valence-electron chi connectivity index (χ4n) is 4.14. The summed E-state index contributed by atoms with van der Waals surface area (Å²) in [6.07, 6.45) is 0. The van der Waals surface area contributed by atoms with Gasteiger partial charge in [0.25, 0.3) is 11.7 Å². The number of benzene rings is 3. The Bertz CT molecular complexity index is 1300. The van der Waals surface area contributed by atoms with E-state index in [0.717, 1.165) is 11.1 Å². The fraction of sp³-hybridized carbons (Fsp3) is 0.154. The first-order valence-electron chi connectivity index (χ1n) is 10.2. The second kappa shape index (κ2) is 8.64. The van der Waals surface area contributed by atoms with Crippen molar-refractivity contribution in [3.63, 3.8) is 0 Å². The van der Waals surface area contributed by atoms with Gasteiger partial charge in [-0.25, -0.2) is 0 Å². The minimum atomic E-state index is -0.921. The molecule has 1 fully saturated rings. The highest BCUT2D eigenvalue weighted by Crippen LogP contribution is 2.45. The number of amides is 1. The van der Waals surface area contributed by atoms with E-state index in [1.807, 2.05) is 19.1 Å². The van der Waals surface area contributed by atoms with Gasteiger partial charge in [-0.2, -0.15) is 0 Å². The second-order valence-electron chi connectivity index (χ2n) is 7.87. The third-order valence-corrected chi connectivity index (χ3v) is 5.96. The lowest BCUT2D eigenvalue weighted by Gasteiger charge is -2.27. The lowest BCUT2D eigenvalue weighted by atomic mass is 9.94. The summed E-state index contributed by atoms with van der Waals surface area (Å²) in [5, 5.41) is 21.4. The van der Waals surface area contributed by atoms with Crippen LogP contribution in [0.2, 0.25) is 5.02 Å². The van der Waals surface area contributed by atoms with Crippen molar-refractivity contribution >= 4 is 34.7 Å². The summed E-state index contributed by atoms with van der Waals surface area (Å²) in [5.41, 5.74) is 2.76. The van der Waals surface area contributed by atoms with Crippen LogP contribution in [0.4, 0.5) is 5.69 Å². The van der Waals surface area contributed by atoms with Crippen molar-refractivity contribution in [2.75, 3.05) is 12.0 Å². The average Bonchev–Trinajstić information content (AvgIpc) is 3.04. The monoisotopic (exact) mass is 463 g/mol. The van der Waals surface area contributed by atoms with Crippen LogP contribution in [0.1, 0.15) is 28.3 Å². The van der Waals surface area contributed by atoms with Gasteiger partial charge in [0.2, 0.25) is 0 Å². The number of nitrogens with zero attached hydrogens (tertiary/aromatic N) is 1. The van der Waals surface area contributed by atoms with Crippen LogP contribution in [-0.2, 0) is 9.59 Å². The highest BCUT2D eigenvalue weighted by atomic mass is 35.5. The number of Topliss-reactive ketones (excluding diaryl/α,β-unsaturated/α-hetero) is 1. The number of aliphatic hydroxyl groups is 1. The van der Waals surface area contributed by atoms with Crippen LogP contribution in [-0.4, -0.2) is 29.0 Å². The predicted molar refractivity (Wildman–Crippen MR) is 127 cm³/mol. The lowest BCUT2D eigenvalue weighted by Crippen LogP contribution is -2.30. The van der Waals surface area contributed by atoms with Gasteiger partial charge in [0.05, 0.1) is 29.3 Å². The van der Waals surface area contributed by atoms with Crippen molar-refractivity contribution in [2.45, 2.75) is 19.9 Å². The molecule has 0 bridgehead atoms. The molecular weight excluding hydrogens is 442 g/mol. The molecule has 3 aromatic carbocycles. The number of carbonyl (C=O) groups excluding carboxylic acids is 2. The quantitative estimate of drug-likeness (QED) is 0.311. The number of rotatable bonds is 4. The smallest absolute Gasteiger partial charge is 0.300 e. The topological polar surface area (TPSA) is 87.1 Å². The summed E-state index contributed by atoms with van der Waals surface area (Å²) in [4.78, 5) is 27.9. The maximum atomic E-state index is 13.3. The molecule has 1 atom stereocenters. The van der Waals surface area contributed by atoms with Crippen LogP contribution in [0.3, 0.4) is 0 Å². The van der Waals surface area contributed by atoms with E-state index in [-0.39, 0.29) is 33.4 Å². The van der Waals surface area contributed by atoms with E-state index in [1.165, 1.54) is 24.1 Å². The first-order chi connectivity index (χ1) is 15.7. The Morgan fingerprint density at radius 3 is 2.33 bits per heavy atom. The number of ketones is 1. The Morgan fingerprint density at radius 1 is 1.03 bits per heavy atom. The standard InChI is InChI=1S/C26H22ClNO5/c1-14-12-18(25(33-3)19(27)13-14)23(30)21-22(16-8-10-17(29)11-9-16)28(26(32)24(21)31)20-7-5-4-6-15(20)2/h4-13,22,29-30H,1-3H3/b23-21+. The number of ether oxygens (including phenoxy) is 1. The van der Waals surface area contributed by atoms with Gasteiger partial charge >= 0.3 is 0 Å². The molecular formula is C26H22ClNO5. The molecule has 4 rings (SSSR count). The number of methoxy groups -OCH3 is 1. The Labute approximate surface area is 196 Å². The van der Waals surface area contributed by atoms with E-state index in [0.29, 0.717) is 11.3 Å². The van der Waals surface area contributed by atoms with Crippen molar-refractivity contribution < 1.29 is 24.5 Å². The minimum absolute atomic E-state index is 0.0405. The third kappa shape index (κ3) is 3.83. The number of phenolic OH excluding ortho intramolecular Hbond substituents is 1. The molecule has 0 radical (unpaired) electrons. The van der Waals surface area contributed by atoms with E-state index in [1.54, 1.807) is 43.3 Å². The Balaban J connectivity index is 2.03. The Morgan fingerprint density at radius 2 is 1.70 bits per heavy atom. The van der Waals surface area contributed by atoms with Gasteiger partial charge in [-0.1, -0.05) is 41.9 Å². The summed E-state index contributed by atoms with van der Waals surface area (Å²) in [7, 11) is 1.41. The highest BCUT2D eigenvalue weighted by molar-refractivity contribution is 6.52. The minimum Gasteiger partial charge on any atom is -0.508 e. The lowest BCUT2D eigenvalue weighted by molar-refractivity contribution is -0.132. The molecule has 0 aliphatic carbocycles. The number of aliphatic hydroxyl groups excluding tert-OH is 1. The van der Waals surface area contributed by atoms with Gasteiger partial charge in [-0.05, 0) is 60.9 Å². The van der Waals surface area contributed by atoms with Crippen molar-refractivity contribution in [3.05, 3.63) is 93.5 Å². The average molecular weight is 464 g/mol. The SMILES string of the molecule is COc1c(Cl)cc(C)cc1/C(O)=C1\C(=O)C(=O)N(c2ccccc2C)C1c1ccc(O)cc1. The molecule has 1 aliphatic heterocycles. The molecule has 33 heavy (non-hydrogen) atoms. The van der Waals surface area contributed by atoms with E-state index < -0.39 is 17.7 Å². The third-order valence-electron chi connectivity index (χ3n) is 5.68. The van der Waals surface area contributed by atoms with Crippen LogP contribution >= 0.6 is 11.6 Å². The van der Waals surface area contributed by atoms with Gasteiger partial charge in [-0.3, -0.25) is 14.5 Å². The van der Waals surface area contributed by atoms with Gasteiger partial charge < -0.3 is 14.9 Å². The van der Waals surface area contributed by atoms with Gasteiger partial charge in [0.15, 0.2) is 0 Å². The van der Waals surface area contributed by atoms with Crippen LogP contribution in [0, 0.1) is 13.8 Å². The zero-order chi connectivity index (χ0) is 23.9. The van der Waals surface area contributed by atoms with Gasteiger partial charge in [0.1, 0.15) is 17.3 Å².